The Kier molecular flexibility index (Phi) is 4.59. The van der Waals surface area contributed by atoms with Crippen LogP contribution in [0.3, 0.4) is 0 Å². The van der Waals surface area contributed by atoms with Crippen molar-refractivity contribution >= 4 is 15.7 Å². The molecule has 5 nitrogen and oxygen atoms in total. The van der Waals surface area contributed by atoms with Crippen LogP contribution in [0.15, 0.2) is 47.6 Å². The van der Waals surface area contributed by atoms with Crippen molar-refractivity contribution in [2.45, 2.75) is 24.8 Å². The molecule has 1 aromatic heterocycles. The number of pyridine rings is 1. The van der Waals surface area contributed by atoms with E-state index >= 15 is 0 Å². The van der Waals surface area contributed by atoms with Crippen molar-refractivity contribution in [2.75, 3.05) is 12.8 Å². The Morgan fingerprint density at radius 2 is 2.05 bits per heavy atom. The van der Waals surface area contributed by atoms with Crippen LogP contribution in [-0.4, -0.2) is 24.8 Å². The number of hydrogen-bond acceptors (Lipinski definition) is 4. The summed E-state index contributed by atoms with van der Waals surface area (Å²) in [6.45, 7) is 2.25. The monoisotopic (exact) mass is 305 g/mol. The normalized spacial score (nSPS) is 11.8. The van der Waals surface area contributed by atoms with Gasteiger partial charge < -0.3 is 5.73 Å². The van der Waals surface area contributed by atoms with E-state index in [2.05, 4.69) is 4.98 Å². The van der Waals surface area contributed by atoms with Gasteiger partial charge in [0.1, 0.15) is 0 Å². The number of aryl methyl sites for hydroxylation is 1. The fraction of sp³-hybridized carbons (Fsp3) is 0.267. The smallest absolute Gasteiger partial charge is 0.243 e. The molecule has 0 aliphatic heterocycles. The van der Waals surface area contributed by atoms with E-state index in [1.165, 1.54) is 10.4 Å². The van der Waals surface area contributed by atoms with Crippen molar-refractivity contribution in [2.24, 2.45) is 0 Å². The van der Waals surface area contributed by atoms with Crippen LogP contribution in [0.5, 0.6) is 0 Å². The number of nitrogen functional groups attached to an aromatic ring is 1. The number of nitrogens with zero attached hydrogens (tertiary/aromatic N) is 2. The maximum atomic E-state index is 12.5. The van der Waals surface area contributed by atoms with Crippen molar-refractivity contribution in [3.05, 3.63) is 53.9 Å². The van der Waals surface area contributed by atoms with Crippen LogP contribution < -0.4 is 5.73 Å². The molecule has 2 N–H and O–H groups in total. The van der Waals surface area contributed by atoms with Gasteiger partial charge >= 0.3 is 0 Å². The molecular formula is C15H19N3O2S. The highest BCUT2D eigenvalue weighted by Gasteiger charge is 2.21. The van der Waals surface area contributed by atoms with Gasteiger partial charge in [0.25, 0.3) is 0 Å². The number of hydrogen-bond donors (Lipinski definition) is 1. The standard InChI is InChI=1S/C15H19N3O2S/c1-3-13-6-7-14(9-15(13)16)21(19,20)18(2)11-12-5-4-8-17-10-12/h4-10H,3,11,16H2,1-2H3. The first-order chi connectivity index (χ1) is 9.95. The summed E-state index contributed by atoms with van der Waals surface area (Å²) >= 11 is 0. The van der Waals surface area contributed by atoms with Crippen LogP contribution in [0.25, 0.3) is 0 Å². The lowest BCUT2D eigenvalue weighted by atomic mass is 10.1. The van der Waals surface area contributed by atoms with Gasteiger partial charge in [-0.05, 0) is 35.7 Å². The molecule has 0 saturated carbocycles. The van der Waals surface area contributed by atoms with E-state index in [-0.39, 0.29) is 11.4 Å². The number of anilines is 1. The average molecular weight is 305 g/mol. The molecule has 0 radical (unpaired) electrons. The van der Waals surface area contributed by atoms with E-state index in [4.69, 9.17) is 5.73 Å². The van der Waals surface area contributed by atoms with E-state index in [1.807, 2.05) is 13.0 Å². The molecule has 1 heterocycles. The molecule has 0 saturated heterocycles. The van der Waals surface area contributed by atoms with Gasteiger partial charge in [-0.3, -0.25) is 4.98 Å². The maximum absolute atomic E-state index is 12.5. The minimum Gasteiger partial charge on any atom is -0.398 e. The van der Waals surface area contributed by atoms with Gasteiger partial charge in [0.15, 0.2) is 0 Å². The van der Waals surface area contributed by atoms with Crippen molar-refractivity contribution in [3.63, 3.8) is 0 Å². The molecular weight excluding hydrogens is 286 g/mol. The third-order valence-corrected chi connectivity index (χ3v) is 5.13. The molecule has 0 unspecified atom stereocenters. The molecule has 2 aromatic rings. The fourth-order valence-electron chi connectivity index (χ4n) is 2.07. The van der Waals surface area contributed by atoms with Gasteiger partial charge in [0.05, 0.1) is 4.90 Å². The van der Waals surface area contributed by atoms with Gasteiger partial charge in [0, 0.05) is 31.7 Å². The van der Waals surface area contributed by atoms with Gasteiger partial charge in [-0.2, -0.15) is 4.31 Å². The Morgan fingerprint density at radius 1 is 1.29 bits per heavy atom. The molecule has 0 aliphatic rings. The topological polar surface area (TPSA) is 76.3 Å². The zero-order valence-electron chi connectivity index (χ0n) is 12.2. The van der Waals surface area contributed by atoms with E-state index in [0.717, 1.165) is 17.5 Å². The highest BCUT2D eigenvalue weighted by molar-refractivity contribution is 7.89. The molecule has 1 aromatic carbocycles. The Hall–Kier alpha value is -1.92. The van der Waals surface area contributed by atoms with E-state index < -0.39 is 10.0 Å². The highest BCUT2D eigenvalue weighted by Crippen LogP contribution is 2.22. The molecule has 112 valence electrons. The zero-order chi connectivity index (χ0) is 15.5. The number of sulfonamides is 1. The van der Waals surface area contributed by atoms with E-state index in [9.17, 15) is 8.42 Å². The van der Waals surface area contributed by atoms with Gasteiger partial charge in [0.2, 0.25) is 10.0 Å². The molecule has 0 bridgehead atoms. The predicted molar refractivity (Wildman–Crippen MR) is 83.1 cm³/mol. The van der Waals surface area contributed by atoms with Crippen molar-refractivity contribution in [3.8, 4) is 0 Å². The second kappa shape index (κ2) is 6.24. The summed E-state index contributed by atoms with van der Waals surface area (Å²) in [5, 5.41) is 0. The summed E-state index contributed by atoms with van der Waals surface area (Å²) in [5.74, 6) is 0. The molecule has 0 aliphatic carbocycles. The predicted octanol–water partition coefficient (Wildman–Crippen LogP) is 2.05. The quantitative estimate of drug-likeness (QED) is 0.858. The van der Waals surface area contributed by atoms with Crippen LogP contribution >= 0.6 is 0 Å². The highest BCUT2D eigenvalue weighted by atomic mass is 32.2. The lowest BCUT2D eigenvalue weighted by molar-refractivity contribution is 0.466. The largest absolute Gasteiger partial charge is 0.398 e. The maximum Gasteiger partial charge on any atom is 0.243 e. The third-order valence-electron chi connectivity index (χ3n) is 3.33. The molecule has 0 atom stereocenters. The number of rotatable bonds is 5. The van der Waals surface area contributed by atoms with Gasteiger partial charge in [-0.1, -0.05) is 19.1 Å². The average Bonchev–Trinajstić information content (AvgIpc) is 2.48. The zero-order valence-corrected chi connectivity index (χ0v) is 13.0. The molecule has 21 heavy (non-hydrogen) atoms. The third kappa shape index (κ3) is 3.40. The molecule has 0 amide bonds. The Morgan fingerprint density at radius 3 is 2.62 bits per heavy atom. The Balaban J connectivity index is 2.27. The Bertz CT molecular complexity index is 715. The van der Waals surface area contributed by atoms with Crippen molar-refractivity contribution in [1.29, 1.82) is 0 Å². The minimum atomic E-state index is -3.56. The van der Waals surface area contributed by atoms with Gasteiger partial charge in [-0.15, -0.1) is 0 Å². The summed E-state index contributed by atoms with van der Waals surface area (Å²) in [5.41, 5.74) is 8.18. The van der Waals surface area contributed by atoms with Crippen LogP contribution in [0, 0.1) is 0 Å². The number of nitrogens with two attached hydrogens (primary N) is 1. The summed E-state index contributed by atoms with van der Waals surface area (Å²) in [4.78, 5) is 4.20. The molecule has 0 spiro atoms. The molecule has 2 rings (SSSR count). The van der Waals surface area contributed by atoms with E-state index in [1.54, 1.807) is 37.6 Å². The van der Waals surface area contributed by atoms with Crippen LogP contribution in [0.2, 0.25) is 0 Å². The SMILES string of the molecule is CCc1ccc(S(=O)(=O)N(C)Cc2cccnc2)cc1N. The summed E-state index contributed by atoms with van der Waals surface area (Å²) in [7, 11) is -2.01. The van der Waals surface area contributed by atoms with Crippen molar-refractivity contribution < 1.29 is 8.42 Å². The van der Waals surface area contributed by atoms with Crippen LogP contribution in [0.1, 0.15) is 18.1 Å². The summed E-state index contributed by atoms with van der Waals surface area (Å²) in [6.07, 6.45) is 4.08. The van der Waals surface area contributed by atoms with Crippen LogP contribution in [0.4, 0.5) is 5.69 Å². The van der Waals surface area contributed by atoms with Crippen molar-refractivity contribution in [1.82, 2.24) is 9.29 Å². The van der Waals surface area contributed by atoms with E-state index in [0.29, 0.717) is 5.69 Å². The second-order valence-corrected chi connectivity index (χ2v) is 6.88. The first kappa shape index (κ1) is 15.5. The number of benzene rings is 1. The lowest BCUT2D eigenvalue weighted by Crippen LogP contribution is -2.26. The molecule has 6 heteroatoms. The molecule has 0 fully saturated rings. The van der Waals surface area contributed by atoms with Crippen LogP contribution in [-0.2, 0) is 23.0 Å². The summed E-state index contributed by atoms with van der Waals surface area (Å²) in [6, 6.07) is 8.51. The first-order valence-corrected chi connectivity index (χ1v) is 8.12. The first-order valence-electron chi connectivity index (χ1n) is 6.68. The number of aromatic nitrogens is 1. The Labute approximate surface area is 125 Å². The summed E-state index contributed by atoms with van der Waals surface area (Å²) < 4.78 is 26.4. The fourth-order valence-corrected chi connectivity index (χ4v) is 3.26. The minimum absolute atomic E-state index is 0.212. The lowest BCUT2D eigenvalue weighted by Gasteiger charge is -2.18. The second-order valence-electron chi connectivity index (χ2n) is 4.84. The van der Waals surface area contributed by atoms with Gasteiger partial charge in [-0.25, -0.2) is 8.42 Å².